The number of rotatable bonds is 6. The molecular weight excluding hydrogens is 497 g/mol. The monoisotopic (exact) mass is 523 g/mol. The summed E-state index contributed by atoms with van der Waals surface area (Å²) < 4.78 is 69.2. The Labute approximate surface area is 210 Å². The van der Waals surface area contributed by atoms with Crippen LogP contribution in [0.5, 0.6) is 0 Å². The van der Waals surface area contributed by atoms with E-state index in [1.54, 1.807) is 22.4 Å². The van der Waals surface area contributed by atoms with E-state index in [1.165, 1.54) is 4.90 Å². The normalized spacial score (nSPS) is 15.4. The highest BCUT2D eigenvalue weighted by atomic mass is 19.4. The fraction of sp³-hybridized carbons (Fsp3) is 0.417. The number of nitriles is 1. The van der Waals surface area contributed by atoms with Gasteiger partial charge in [-0.2, -0.15) is 28.6 Å². The maximum Gasteiger partial charge on any atom is 0.408 e. The average molecular weight is 524 g/mol. The first kappa shape index (κ1) is 27.6. The molecule has 1 aromatic carbocycles. The average Bonchev–Trinajstić information content (AvgIpc) is 3.37. The topological polar surface area (TPSA) is 103 Å². The highest BCUT2D eigenvalue weighted by molar-refractivity contribution is 5.95. The minimum atomic E-state index is -4.73. The molecule has 3 heterocycles. The second kappa shape index (κ2) is 9.84. The van der Waals surface area contributed by atoms with E-state index in [4.69, 9.17) is 0 Å². The molecule has 0 aliphatic carbocycles. The van der Waals surface area contributed by atoms with Gasteiger partial charge in [0.2, 0.25) is 0 Å². The number of anilines is 1. The van der Waals surface area contributed by atoms with E-state index in [1.807, 2.05) is 13.8 Å². The van der Waals surface area contributed by atoms with Gasteiger partial charge >= 0.3 is 6.18 Å². The van der Waals surface area contributed by atoms with E-state index < -0.39 is 40.9 Å². The molecule has 1 fully saturated rings. The van der Waals surface area contributed by atoms with Gasteiger partial charge in [0.1, 0.15) is 23.2 Å². The van der Waals surface area contributed by atoms with E-state index in [2.05, 4.69) is 21.4 Å². The smallest absolute Gasteiger partial charge is 0.364 e. The largest absolute Gasteiger partial charge is 0.408 e. The number of nitrogens with one attached hydrogen (secondary N) is 2. The Morgan fingerprint density at radius 1 is 1.27 bits per heavy atom. The van der Waals surface area contributed by atoms with Gasteiger partial charge < -0.3 is 10.2 Å². The summed E-state index contributed by atoms with van der Waals surface area (Å²) in [5.74, 6) is -3.51. The number of alkyl halides is 3. The molecule has 4 rings (SSSR count). The lowest BCUT2D eigenvalue weighted by Gasteiger charge is -2.50. The summed E-state index contributed by atoms with van der Waals surface area (Å²) in [4.78, 5) is 13.6. The molecule has 0 radical (unpaired) electrons. The Balaban J connectivity index is 0.00000380. The molecule has 2 aromatic heterocycles. The van der Waals surface area contributed by atoms with Crippen LogP contribution in [0.1, 0.15) is 42.5 Å². The molecule has 1 aliphatic heterocycles. The molecule has 0 unspecified atom stereocenters. The van der Waals surface area contributed by atoms with Crippen molar-refractivity contribution in [3.63, 3.8) is 0 Å². The Kier molecular flexibility index (Phi) is 7.35. The predicted molar refractivity (Wildman–Crippen MR) is 126 cm³/mol. The number of carbonyl (C=O) groups is 1. The van der Waals surface area contributed by atoms with Crippen molar-refractivity contribution < 1.29 is 26.7 Å². The molecule has 2 N–H and O–H groups in total. The number of nitrogens with zero attached hydrogens (tertiary/aromatic N) is 5. The summed E-state index contributed by atoms with van der Waals surface area (Å²) >= 11 is 0. The van der Waals surface area contributed by atoms with Crippen molar-refractivity contribution in [1.82, 2.24) is 25.3 Å². The molecule has 0 spiro atoms. The third kappa shape index (κ3) is 5.00. The minimum Gasteiger partial charge on any atom is -0.364 e. The van der Waals surface area contributed by atoms with E-state index in [0.29, 0.717) is 13.0 Å². The van der Waals surface area contributed by atoms with Crippen LogP contribution < -0.4 is 10.2 Å². The second-order valence-electron chi connectivity index (χ2n) is 8.92. The van der Waals surface area contributed by atoms with Gasteiger partial charge in [0.15, 0.2) is 0 Å². The van der Waals surface area contributed by atoms with Gasteiger partial charge in [0.05, 0.1) is 35.6 Å². The third-order valence-electron chi connectivity index (χ3n) is 6.32. The van der Waals surface area contributed by atoms with Gasteiger partial charge in [-0.25, -0.2) is 8.78 Å². The SMILES string of the molecule is C.Cc1n[nH]c(C)c1-c1cnn(C2(CC#N)CN(c3cc(F)c(C(=O)N[C@@H](C)C(F)(F)F)cc3F)C2)c1. The molecule has 198 valence electrons. The Bertz CT molecular complexity index is 1330. The molecule has 1 amide bonds. The predicted octanol–water partition coefficient (Wildman–Crippen LogP) is 4.61. The fourth-order valence-electron chi connectivity index (χ4n) is 4.32. The van der Waals surface area contributed by atoms with Gasteiger partial charge in [-0.1, -0.05) is 7.43 Å². The van der Waals surface area contributed by atoms with E-state index >= 15 is 0 Å². The molecule has 0 saturated carbocycles. The first-order valence-corrected chi connectivity index (χ1v) is 10.9. The molecule has 1 atom stereocenters. The maximum absolute atomic E-state index is 14.8. The van der Waals surface area contributed by atoms with Crippen molar-refractivity contribution in [2.75, 3.05) is 18.0 Å². The van der Waals surface area contributed by atoms with E-state index in [9.17, 15) is 32.0 Å². The van der Waals surface area contributed by atoms with Crippen molar-refractivity contribution in [3.05, 3.63) is 53.1 Å². The highest BCUT2D eigenvalue weighted by Crippen LogP contribution is 2.39. The number of halogens is 5. The third-order valence-corrected chi connectivity index (χ3v) is 6.32. The van der Waals surface area contributed by atoms with Crippen molar-refractivity contribution in [2.45, 2.75) is 52.4 Å². The number of benzene rings is 1. The number of amides is 1. The van der Waals surface area contributed by atoms with Crippen LogP contribution in [-0.4, -0.2) is 51.2 Å². The first-order valence-electron chi connectivity index (χ1n) is 10.9. The lowest BCUT2D eigenvalue weighted by atomic mass is 9.86. The standard InChI is InChI=1S/C23H22F5N7O.CH4/c1-12-20(13(2)33-32-12)15-8-30-35(9-15)22(4-5-29)10-34(11-22)19-7-17(24)16(6-18(19)25)21(36)31-14(3)23(26,27)28;/h6-9,14H,4,10-11H2,1-3H3,(H,31,36)(H,32,33);1H4/t14-;/m0./s1. The van der Waals surface area contributed by atoms with Crippen molar-refractivity contribution in [2.24, 2.45) is 0 Å². The molecule has 37 heavy (non-hydrogen) atoms. The number of aromatic amines is 1. The second-order valence-corrected chi connectivity index (χ2v) is 8.92. The van der Waals surface area contributed by atoms with Crippen LogP contribution >= 0.6 is 0 Å². The van der Waals surface area contributed by atoms with Gasteiger partial charge in [0, 0.05) is 42.2 Å². The highest BCUT2D eigenvalue weighted by Gasteiger charge is 2.47. The summed E-state index contributed by atoms with van der Waals surface area (Å²) in [6.45, 7) is 4.66. The van der Waals surface area contributed by atoms with Gasteiger partial charge in [-0.05, 0) is 26.8 Å². The van der Waals surface area contributed by atoms with Crippen LogP contribution in [0.3, 0.4) is 0 Å². The van der Waals surface area contributed by atoms with Crippen LogP contribution in [0.15, 0.2) is 24.5 Å². The summed E-state index contributed by atoms with van der Waals surface area (Å²) in [7, 11) is 0. The van der Waals surface area contributed by atoms with Gasteiger partial charge in [0.25, 0.3) is 5.91 Å². The number of carbonyl (C=O) groups excluding carboxylic acids is 1. The molecular formula is C24H26F5N7O. The molecule has 8 nitrogen and oxygen atoms in total. The lowest BCUT2D eigenvalue weighted by Crippen LogP contribution is -2.63. The Morgan fingerprint density at radius 3 is 2.51 bits per heavy atom. The van der Waals surface area contributed by atoms with Gasteiger partial charge in [-0.3, -0.25) is 14.6 Å². The van der Waals surface area contributed by atoms with Crippen molar-refractivity contribution in [1.29, 1.82) is 5.26 Å². The minimum absolute atomic E-state index is 0. The van der Waals surface area contributed by atoms with Crippen LogP contribution in [0.25, 0.3) is 11.1 Å². The van der Waals surface area contributed by atoms with Crippen LogP contribution in [0, 0.1) is 36.8 Å². The maximum atomic E-state index is 14.8. The van der Waals surface area contributed by atoms with Crippen LogP contribution in [0.2, 0.25) is 0 Å². The lowest BCUT2D eigenvalue weighted by molar-refractivity contribution is -0.149. The summed E-state index contributed by atoms with van der Waals surface area (Å²) in [6.07, 6.45) is -1.27. The van der Waals surface area contributed by atoms with Crippen molar-refractivity contribution >= 4 is 11.6 Å². The number of H-pyrrole nitrogens is 1. The van der Waals surface area contributed by atoms with E-state index in [-0.39, 0.29) is 32.6 Å². The molecule has 0 bridgehead atoms. The molecule has 3 aromatic rings. The Morgan fingerprint density at radius 2 is 1.95 bits per heavy atom. The molecule has 1 saturated heterocycles. The first-order chi connectivity index (χ1) is 16.9. The Hall–Kier alpha value is -3.95. The number of hydrogen-bond acceptors (Lipinski definition) is 5. The summed E-state index contributed by atoms with van der Waals surface area (Å²) in [5.41, 5.74) is 1.49. The molecule has 13 heteroatoms. The van der Waals surface area contributed by atoms with Crippen LogP contribution in [-0.2, 0) is 5.54 Å². The zero-order chi connectivity index (χ0) is 26.4. The quantitative estimate of drug-likeness (QED) is 0.460. The number of hydrogen-bond donors (Lipinski definition) is 2. The summed E-state index contributed by atoms with van der Waals surface area (Å²) in [5, 5.41) is 22.5. The van der Waals surface area contributed by atoms with Gasteiger partial charge in [-0.15, -0.1) is 0 Å². The molecule has 1 aliphatic rings. The number of aromatic nitrogens is 4. The zero-order valence-electron chi connectivity index (χ0n) is 19.5. The zero-order valence-corrected chi connectivity index (χ0v) is 19.5. The summed E-state index contributed by atoms with van der Waals surface area (Å²) in [6, 6.07) is 1.22. The fourth-order valence-corrected chi connectivity index (χ4v) is 4.32. The number of aryl methyl sites for hydroxylation is 2. The van der Waals surface area contributed by atoms with E-state index in [0.717, 1.165) is 28.6 Å². The van der Waals surface area contributed by atoms with Crippen LogP contribution in [0.4, 0.5) is 27.6 Å². The van der Waals surface area contributed by atoms with Crippen molar-refractivity contribution in [3.8, 4) is 17.2 Å².